The summed E-state index contributed by atoms with van der Waals surface area (Å²) in [7, 11) is 0. The number of amides is 2. The second kappa shape index (κ2) is 6.34. The number of nitrogens with zero attached hydrogens (tertiary/aromatic N) is 1. The average Bonchev–Trinajstić information content (AvgIpc) is 3.23. The van der Waals surface area contributed by atoms with E-state index in [0.29, 0.717) is 25.5 Å². The number of carbonyl (C=O) groups excluding carboxylic acids is 2. The van der Waals surface area contributed by atoms with Gasteiger partial charge >= 0.3 is 0 Å². The van der Waals surface area contributed by atoms with Gasteiger partial charge < -0.3 is 15.0 Å². The molecule has 2 amide bonds. The van der Waals surface area contributed by atoms with Gasteiger partial charge in [0.05, 0.1) is 12.7 Å². The van der Waals surface area contributed by atoms with Crippen molar-refractivity contribution in [2.24, 2.45) is 5.92 Å². The van der Waals surface area contributed by atoms with E-state index in [1.165, 1.54) is 0 Å². The Bertz CT molecular complexity index is 406. The quantitative estimate of drug-likeness (QED) is 0.778. The third-order valence-corrected chi connectivity index (χ3v) is 4.51. The molecule has 0 aromatic carbocycles. The summed E-state index contributed by atoms with van der Waals surface area (Å²) < 4.78 is 5.57. The number of ether oxygens (including phenoxy) is 1. The van der Waals surface area contributed by atoms with Crippen LogP contribution in [0.25, 0.3) is 0 Å². The molecule has 5 nitrogen and oxygen atoms in total. The highest BCUT2D eigenvalue weighted by Crippen LogP contribution is 2.42. The van der Waals surface area contributed by atoms with Gasteiger partial charge in [-0.05, 0) is 46.0 Å². The molecule has 0 spiro atoms. The molecule has 0 bridgehead atoms. The van der Waals surface area contributed by atoms with Gasteiger partial charge in [-0.25, -0.2) is 0 Å². The molecule has 120 valence electrons. The van der Waals surface area contributed by atoms with E-state index in [9.17, 15) is 9.59 Å². The SMILES string of the molecule is CCCC1C(=O)NC(C)(C2CC2)C(=O)N1CCOC(C)C. The van der Waals surface area contributed by atoms with E-state index in [0.717, 1.165) is 19.3 Å². The third kappa shape index (κ3) is 3.39. The van der Waals surface area contributed by atoms with Gasteiger partial charge in [-0.3, -0.25) is 9.59 Å². The molecule has 0 radical (unpaired) electrons. The molecule has 1 saturated heterocycles. The highest BCUT2D eigenvalue weighted by molar-refractivity contribution is 6.00. The number of piperazine rings is 1. The Balaban J connectivity index is 2.12. The van der Waals surface area contributed by atoms with Crippen LogP contribution < -0.4 is 5.32 Å². The molecule has 2 aliphatic rings. The van der Waals surface area contributed by atoms with E-state index >= 15 is 0 Å². The summed E-state index contributed by atoms with van der Waals surface area (Å²) in [6, 6.07) is -0.343. The van der Waals surface area contributed by atoms with Crippen molar-refractivity contribution < 1.29 is 14.3 Å². The van der Waals surface area contributed by atoms with E-state index in [-0.39, 0.29) is 24.0 Å². The van der Waals surface area contributed by atoms with Crippen molar-refractivity contribution in [2.45, 2.75) is 71.1 Å². The van der Waals surface area contributed by atoms with Crippen LogP contribution in [0, 0.1) is 5.92 Å². The van der Waals surface area contributed by atoms with Crippen molar-refractivity contribution in [3.63, 3.8) is 0 Å². The van der Waals surface area contributed by atoms with Gasteiger partial charge in [0.15, 0.2) is 0 Å². The van der Waals surface area contributed by atoms with Crippen molar-refractivity contribution in [3.8, 4) is 0 Å². The molecule has 2 atom stereocenters. The number of rotatable bonds is 7. The molecular weight excluding hydrogens is 268 g/mol. The van der Waals surface area contributed by atoms with Crippen LogP contribution in [-0.4, -0.2) is 47.6 Å². The molecular formula is C16H28N2O3. The Morgan fingerprint density at radius 1 is 1.38 bits per heavy atom. The molecule has 2 rings (SSSR count). The summed E-state index contributed by atoms with van der Waals surface area (Å²) in [6.07, 6.45) is 3.78. The number of hydrogen-bond acceptors (Lipinski definition) is 3. The molecule has 1 N–H and O–H groups in total. The van der Waals surface area contributed by atoms with Crippen molar-refractivity contribution in [3.05, 3.63) is 0 Å². The maximum absolute atomic E-state index is 12.9. The second-order valence-corrected chi connectivity index (χ2v) is 6.69. The van der Waals surface area contributed by atoms with Crippen LogP contribution in [0.4, 0.5) is 0 Å². The lowest BCUT2D eigenvalue weighted by molar-refractivity contribution is -0.156. The first kappa shape index (κ1) is 16.3. The summed E-state index contributed by atoms with van der Waals surface area (Å²) in [5.41, 5.74) is -0.709. The molecule has 2 fully saturated rings. The standard InChI is InChI=1S/C16H28N2O3/c1-5-6-13-14(19)17-16(4,12-7-8-12)15(20)18(13)9-10-21-11(2)3/h11-13H,5-10H2,1-4H3,(H,17,19). The Labute approximate surface area is 127 Å². The van der Waals surface area contributed by atoms with Crippen LogP contribution in [0.15, 0.2) is 0 Å². The number of nitrogens with one attached hydrogen (secondary N) is 1. The molecule has 5 heteroatoms. The van der Waals surface area contributed by atoms with E-state index < -0.39 is 5.54 Å². The topological polar surface area (TPSA) is 58.6 Å². The molecule has 0 aromatic rings. The first-order chi connectivity index (χ1) is 9.90. The van der Waals surface area contributed by atoms with Crippen LogP contribution >= 0.6 is 0 Å². The molecule has 1 saturated carbocycles. The zero-order chi connectivity index (χ0) is 15.6. The summed E-state index contributed by atoms with van der Waals surface area (Å²) in [5, 5.41) is 3.00. The van der Waals surface area contributed by atoms with Gasteiger partial charge in [-0.1, -0.05) is 13.3 Å². The fourth-order valence-electron chi connectivity index (χ4n) is 3.12. The Morgan fingerprint density at radius 3 is 2.57 bits per heavy atom. The Hall–Kier alpha value is -1.10. The lowest BCUT2D eigenvalue weighted by Crippen LogP contribution is -2.70. The normalized spacial score (nSPS) is 30.0. The van der Waals surface area contributed by atoms with Gasteiger partial charge in [0, 0.05) is 6.54 Å². The smallest absolute Gasteiger partial charge is 0.249 e. The van der Waals surface area contributed by atoms with Gasteiger partial charge in [-0.2, -0.15) is 0 Å². The fraction of sp³-hybridized carbons (Fsp3) is 0.875. The van der Waals surface area contributed by atoms with Crippen LogP contribution in [0.5, 0.6) is 0 Å². The maximum Gasteiger partial charge on any atom is 0.249 e. The lowest BCUT2D eigenvalue weighted by Gasteiger charge is -2.44. The average molecular weight is 296 g/mol. The Morgan fingerprint density at radius 2 is 2.05 bits per heavy atom. The van der Waals surface area contributed by atoms with Gasteiger partial charge in [0.2, 0.25) is 11.8 Å². The van der Waals surface area contributed by atoms with Crippen LogP contribution in [-0.2, 0) is 14.3 Å². The monoisotopic (exact) mass is 296 g/mol. The number of carbonyl (C=O) groups is 2. The molecule has 2 unspecified atom stereocenters. The largest absolute Gasteiger partial charge is 0.377 e. The third-order valence-electron chi connectivity index (χ3n) is 4.51. The molecule has 1 heterocycles. The highest BCUT2D eigenvalue weighted by Gasteiger charge is 2.54. The van der Waals surface area contributed by atoms with E-state index in [2.05, 4.69) is 5.32 Å². The minimum atomic E-state index is -0.709. The first-order valence-electron chi connectivity index (χ1n) is 8.14. The predicted molar refractivity (Wildman–Crippen MR) is 80.8 cm³/mol. The van der Waals surface area contributed by atoms with Crippen molar-refractivity contribution in [2.75, 3.05) is 13.2 Å². The van der Waals surface area contributed by atoms with Crippen LogP contribution in [0.3, 0.4) is 0 Å². The second-order valence-electron chi connectivity index (χ2n) is 6.69. The van der Waals surface area contributed by atoms with Crippen molar-refractivity contribution in [1.29, 1.82) is 0 Å². The van der Waals surface area contributed by atoms with Gasteiger partial charge in [-0.15, -0.1) is 0 Å². The fourth-order valence-corrected chi connectivity index (χ4v) is 3.12. The zero-order valence-corrected chi connectivity index (χ0v) is 13.6. The van der Waals surface area contributed by atoms with Crippen molar-refractivity contribution >= 4 is 11.8 Å². The minimum Gasteiger partial charge on any atom is -0.377 e. The van der Waals surface area contributed by atoms with Crippen molar-refractivity contribution in [1.82, 2.24) is 10.2 Å². The maximum atomic E-state index is 12.9. The summed E-state index contributed by atoms with van der Waals surface area (Å²) in [6.45, 7) is 8.85. The molecule has 1 aliphatic carbocycles. The predicted octanol–water partition coefficient (Wildman–Crippen LogP) is 1.71. The van der Waals surface area contributed by atoms with E-state index in [1.807, 2.05) is 27.7 Å². The number of hydrogen-bond donors (Lipinski definition) is 1. The molecule has 1 aliphatic heterocycles. The van der Waals surface area contributed by atoms with Gasteiger partial charge in [0.25, 0.3) is 0 Å². The van der Waals surface area contributed by atoms with E-state index in [4.69, 9.17) is 4.74 Å². The summed E-state index contributed by atoms with van der Waals surface area (Å²) >= 11 is 0. The summed E-state index contributed by atoms with van der Waals surface area (Å²) in [5.74, 6) is 0.357. The van der Waals surface area contributed by atoms with Crippen LogP contribution in [0.1, 0.15) is 53.4 Å². The Kier molecular flexibility index (Phi) is 4.91. The highest BCUT2D eigenvalue weighted by atomic mass is 16.5. The minimum absolute atomic E-state index is 0.00426. The van der Waals surface area contributed by atoms with Gasteiger partial charge in [0.1, 0.15) is 11.6 Å². The van der Waals surface area contributed by atoms with E-state index in [1.54, 1.807) is 4.90 Å². The zero-order valence-electron chi connectivity index (χ0n) is 13.6. The summed E-state index contributed by atoms with van der Waals surface area (Å²) in [4.78, 5) is 27.1. The lowest BCUT2D eigenvalue weighted by atomic mass is 9.88. The van der Waals surface area contributed by atoms with Crippen LogP contribution in [0.2, 0.25) is 0 Å². The first-order valence-corrected chi connectivity index (χ1v) is 8.14. The molecule has 0 aromatic heterocycles. The molecule has 21 heavy (non-hydrogen) atoms.